The number of ether oxygens (including phenoxy) is 2. The second-order valence-electron chi connectivity index (χ2n) is 6.69. The standard InChI is InChI=1S/C21H25BrN2O3S/c1-14-10-15(13-24-6-8-28-9-7-24)4-5-17(14)23-21(25)16-11-18(26-2)20(22)19(12-16)27-3/h4-5,10-12H,6-9,13H2,1-3H3,(H,23,25). The molecule has 2 aromatic rings. The van der Waals surface area contributed by atoms with Crippen LogP contribution in [-0.4, -0.2) is 49.6 Å². The number of nitrogens with one attached hydrogen (secondary N) is 1. The molecule has 1 heterocycles. The average Bonchev–Trinajstić information content (AvgIpc) is 2.71. The summed E-state index contributed by atoms with van der Waals surface area (Å²) in [6.07, 6.45) is 0. The van der Waals surface area contributed by atoms with Gasteiger partial charge in [0.15, 0.2) is 0 Å². The monoisotopic (exact) mass is 464 g/mol. The van der Waals surface area contributed by atoms with E-state index in [9.17, 15) is 4.79 Å². The average molecular weight is 465 g/mol. The van der Waals surface area contributed by atoms with Crippen molar-refractivity contribution in [1.82, 2.24) is 4.90 Å². The first kappa shape index (κ1) is 21.0. The van der Waals surface area contributed by atoms with E-state index in [1.165, 1.54) is 17.1 Å². The van der Waals surface area contributed by atoms with Crippen LogP contribution in [0.25, 0.3) is 0 Å². The molecular weight excluding hydrogens is 440 g/mol. The minimum absolute atomic E-state index is 0.201. The number of anilines is 1. The summed E-state index contributed by atoms with van der Waals surface area (Å²) < 4.78 is 11.3. The van der Waals surface area contributed by atoms with Crippen LogP contribution in [0.5, 0.6) is 11.5 Å². The number of rotatable bonds is 6. The summed E-state index contributed by atoms with van der Waals surface area (Å²) >= 11 is 5.44. The summed E-state index contributed by atoms with van der Waals surface area (Å²) in [5, 5.41) is 3.00. The van der Waals surface area contributed by atoms with Crippen molar-refractivity contribution in [2.45, 2.75) is 13.5 Å². The fourth-order valence-corrected chi connectivity index (χ4v) is 4.71. The Morgan fingerprint density at radius 2 is 1.79 bits per heavy atom. The number of amides is 1. The number of hydrogen-bond acceptors (Lipinski definition) is 5. The summed E-state index contributed by atoms with van der Waals surface area (Å²) in [6, 6.07) is 9.61. The number of hydrogen-bond donors (Lipinski definition) is 1. The molecule has 150 valence electrons. The Kier molecular flexibility index (Phi) is 7.26. The molecule has 3 rings (SSSR count). The minimum Gasteiger partial charge on any atom is -0.495 e. The second-order valence-corrected chi connectivity index (χ2v) is 8.70. The largest absolute Gasteiger partial charge is 0.495 e. The van der Waals surface area contributed by atoms with Crippen molar-refractivity contribution in [3.8, 4) is 11.5 Å². The number of thioether (sulfide) groups is 1. The second kappa shape index (κ2) is 9.67. The van der Waals surface area contributed by atoms with Gasteiger partial charge in [-0.15, -0.1) is 0 Å². The van der Waals surface area contributed by atoms with Crippen molar-refractivity contribution in [3.63, 3.8) is 0 Å². The van der Waals surface area contributed by atoms with Gasteiger partial charge >= 0.3 is 0 Å². The van der Waals surface area contributed by atoms with Crippen LogP contribution >= 0.6 is 27.7 Å². The molecule has 0 aliphatic carbocycles. The lowest BCUT2D eigenvalue weighted by molar-refractivity contribution is 0.102. The van der Waals surface area contributed by atoms with E-state index in [1.54, 1.807) is 26.4 Å². The van der Waals surface area contributed by atoms with E-state index in [2.05, 4.69) is 38.3 Å². The quantitative estimate of drug-likeness (QED) is 0.677. The van der Waals surface area contributed by atoms with Crippen LogP contribution in [0.15, 0.2) is 34.8 Å². The lowest BCUT2D eigenvalue weighted by Crippen LogP contribution is -2.31. The molecule has 1 amide bonds. The molecule has 0 bridgehead atoms. The van der Waals surface area contributed by atoms with Crippen molar-refractivity contribution >= 4 is 39.3 Å². The van der Waals surface area contributed by atoms with E-state index >= 15 is 0 Å². The van der Waals surface area contributed by atoms with Gasteiger partial charge in [0.25, 0.3) is 5.91 Å². The number of carbonyl (C=O) groups excluding carboxylic acids is 1. The smallest absolute Gasteiger partial charge is 0.255 e. The molecule has 7 heteroatoms. The topological polar surface area (TPSA) is 50.8 Å². The molecule has 1 aliphatic rings. The molecule has 1 aliphatic heterocycles. The minimum atomic E-state index is -0.201. The van der Waals surface area contributed by atoms with Crippen molar-refractivity contribution in [3.05, 3.63) is 51.5 Å². The Hall–Kier alpha value is -1.70. The third kappa shape index (κ3) is 5.01. The maximum absolute atomic E-state index is 12.8. The predicted octanol–water partition coefficient (Wildman–Crippen LogP) is 4.58. The van der Waals surface area contributed by atoms with Gasteiger partial charge in [0.1, 0.15) is 16.0 Å². The van der Waals surface area contributed by atoms with Crippen molar-refractivity contribution in [1.29, 1.82) is 0 Å². The van der Waals surface area contributed by atoms with Gasteiger partial charge in [-0.1, -0.05) is 12.1 Å². The zero-order chi connectivity index (χ0) is 20.1. The zero-order valence-electron chi connectivity index (χ0n) is 16.4. The van der Waals surface area contributed by atoms with E-state index in [1.807, 2.05) is 24.8 Å². The van der Waals surface area contributed by atoms with E-state index in [0.29, 0.717) is 21.5 Å². The van der Waals surface area contributed by atoms with E-state index < -0.39 is 0 Å². The summed E-state index contributed by atoms with van der Waals surface area (Å²) in [6.45, 7) is 5.25. The molecule has 1 N–H and O–H groups in total. The number of benzene rings is 2. The van der Waals surface area contributed by atoms with Crippen LogP contribution in [-0.2, 0) is 6.54 Å². The molecule has 0 spiro atoms. The Balaban J connectivity index is 1.73. The fraction of sp³-hybridized carbons (Fsp3) is 0.381. The van der Waals surface area contributed by atoms with Crippen LogP contribution in [0.4, 0.5) is 5.69 Å². The highest BCUT2D eigenvalue weighted by atomic mass is 79.9. The van der Waals surface area contributed by atoms with E-state index in [0.717, 1.165) is 30.9 Å². The third-order valence-electron chi connectivity index (χ3n) is 4.76. The summed E-state index contributed by atoms with van der Waals surface area (Å²) in [4.78, 5) is 15.2. The van der Waals surface area contributed by atoms with Crippen LogP contribution < -0.4 is 14.8 Å². The molecule has 1 saturated heterocycles. The zero-order valence-corrected chi connectivity index (χ0v) is 18.8. The predicted molar refractivity (Wildman–Crippen MR) is 119 cm³/mol. The molecule has 5 nitrogen and oxygen atoms in total. The van der Waals surface area contributed by atoms with Crippen molar-refractivity contribution < 1.29 is 14.3 Å². The SMILES string of the molecule is COc1cc(C(=O)Nc2ccc(CN3CCSCC3)cc2C)cc(OC)c1Br. The van der Waals surface area contributed by atoms with Crippen molar-refractivity contribution in [2.75, 3.05) is 44.1 Å². The van der Waals surface area contributed by atoms with Gasteiger partial charge in [-0.25, -0.2) is 0 Å². The van der Waals surface area contributed by atoms with Gasteiger partial charge in [0.05, 0.1) is 14.2 Å². The van der Waals surface area contributed by atoms with Gasteiger partial charge in [-0.3, -0.25) is 9.69 Å². The summed E-state index contributed by atoms with van der Waals surface area (Å²) in [5.41, 5.74) is 3.61. The van der Waals surface area contributed by atoms with Gasteiger partial charge in [0, 0.05) is 42.4 Å². The number of methoxy groups -OCH3 is 2. The molecule has 0 aromatic heterocycles. The first-order valence-corrected chi connectivity index (χ1v) is 11.1. The van der Waals surface area contributed by atoms with Gasteiger partial charge in [-0.2, -0.15) is 11.8 Å². The summed E-state index contributed by atoms with van der Waals surface area (Å²) in [7, 11) is 3.12. The first-order chi connectivity index (χ1) is 13.5. The Labute approximate surface area is 178 Å². The van der Waals surface area contributed by atoms with Gasteiger partial charge < -0.3 is 14.8 Å². The van der Waals surface area contributed by atoms with Gasteiger partial charge in [0.2, 0.25) is 0 Å². The number of nitrogens with zero attached hydrogens (tertiary/aromatic N) is 1. The lowest BCUT2D eigenvalue weighted by atomic mass is 10.1. The maximum atomic E-state index is 12.8. The van der Waals surface area contributed by atoms with Crippen LogP contribution in [0, 0.1) is 6.92 Å². The molecular formula is C21H25BrN2O3S. The molecule has 0 radical (unpaired) electrons. The highest BCUT2D eigenvalue weighted by molar-refractivity contribution is 9.10. The number of carbonyl (C=O) groups is 1. The molecule has 0 atom stereocenters. The summed E-state index contributed by atoms with van der Waals surface area (Å²) in [5.74, 6) is 3.31. The van der Waals surface area contributed by atoms with Crippen LogP contribution in [0.2, 0.25) is 0 Å². The molecule has 1 fully saturated rings. The maximum Gasteiger partial charge on any atom is 0.255 e. The Morgan fingerprint density at radius 1 is 1.14 bits per heavy atom. The van der Waals surface area contributed by atoms with Crippen LogP contribution in [0.3, 0.4) is 0 Å². The first-order valence-electron chi connectivity index (χ1n) is 9.14. The molecule has 2 aromatic carbocycles. The van der Waals surface area contributed by atoms with E-state index in [4.69, 9.17) is 9.47 Å². The molecule has 0 saturated carbocycles. The Bertz CT molecular complexity index is 829. The third-order valence-corrected chi connectivity index (χ3v) is 6.48. The molecule has 28 heavy (non-hydrogen) atoms. The number of halogens is 1. The highest BCUT2D eigenvalue weighted by Gasteiger charge is 2.16. The highest BCUT2D eigenvalue weighted by Crippen LogP contribution is 2.36. The van der Waals surface area contributed by atoms with Crippen molar-refractivity contribution in [2.24, 2.45) is 0 Å². The fourth-order valence-electron chi connectivity index (χ4n) is 3.18. The molecule has 0 unspecified atom stereocenters. The van der Waals surface area contributed by atoms with Gasteiger partial charge in [-0.05, 0) is 52.2 Å². The van der Waals surface area contributed by atoms with E-state index in [-0.39, 0.29) is 5.91 Å². The number of aryl methyl sites for hydroxylation is 1. The Morgan fingerprint density at radius 3 is 2.36 bits per heavy atom. The lowest BCUT2D eigenvalue weighted by Gasteiger charge is -2.26. The van der Waals surface area contributed by atoms with Crippen LogP contribution in [0.1, 0.15) is 21.5 Å². The normalized spacial score (nSPS) is 14.6.